The Morgan fingerprint density at radius 1 is 0.735 bits per heavy atom. The van der Waals surface area contributed by atoms with Crippen LogP contribution >= 0.6 is 0 Å². The molecule has 0 bridgehead atoms. The van der Waals surface area contributed by atoms with Gasteiger partial charge in [0.2, 0.25) is 11.8 Å². The predicted molar refractivity (Wildman–Crippen MR) is 118 cm³/mol. The Balaban J connectivity index is 4.95. The van der Waals surface area contributed by atoms with Crippen LogP contribution in [0.5, 0.6) is 0 Å². The highest BCUT2D eigenvalue weighted by Gasteiger charge is 2.39. The van der Waals surface area contributed by atoms with Gasteiger partial charge in [0.25, 0.3) is 0 Å². The van der Waals surface area contributed by atoms with E-state index in [9.17, 15) is 29.4 Å². The number of hydrogen-bond acceptors (Lipinski definition) is 12. The molecule has 10 N–H and O–H groups in total. The molecule has 6 atom stereocenters. The molecule has 0 rings (SSSR count). The van der Waals surface area contributed by atoms with E-state index >= 15 is 0 Å². The van der Waals surface area contributed by atoms with Crippen LogP contribution in [-0.2, 0) is 38.1 Å². The van der Waals surface area contributed by atoms with Crippen molar-refractivity contribution in [2.24, 2.45) is 22.9 Å². The minimum Gasteiger partial charge on any atom is -0.468 e. The number of carbonyl (C=O) groups is 4. The van der Waals surface area contributed by atoms with E-state index in [-0.39, 0.29) is 13.2 Å². The van der Waals surface area contributed by atoms with Gasteiger partial charge in [-0.25, -0.2) is 0 Å². The smallest absolute Gasteiger partial charge is 0.322 e. The fraction of sp³-hybridized carbons (Fsp3) is 0.800. The highest BCUT2D eigenvalue weighted by Crippen LogP contribution is 2.15. The number of methoxy groups -OCH3 is 2. The molecular formula is C20H38N4O10. The van der Waals surface area contributed by atoms with Crippen molar-refractivity contribution in [2.75, 3.05) is 27.4 Å². The minimum atomic E-state index is -2.04. The SMILES string of the molecule is COC(=O)[C@@H](N)CCCCO[C@@H]([C@H](O)[C@H](O)C(N)=O)[C@@H](OCCCC[C@H](N)C(=O)OC)C(N)=O. The van der Waals surface area contributed by atoms with Crippen LogP contribution in [0.1, 0.15) is 38.5 Å². The fourth-order valence-electron chi connectivity index (χ4n) is 2.95. The zero-order chi connectivity index (χ0) is 26.3. The van der Waals surface area contributed by atoms with E-state index < -0.39 is 60.3 Å². The quantitative estimate of drug-likeness (QED) is 0.0766. The lowest BCUT2D eigenvalue weighted by Crippen LogP contribution is -2.55. The maximum atomic E-state index is 12.0. The zero-order valence-electron chi connectivity index (χ0n) is 19.6. The van der Waals surface area contributed by atoms with Crippen LogP contribution in [0.25, 0.3) is 0 Å². The Morgan fingerprint density at radius 3 is 1.56 bits per heavy atom. The lowest BCUT2D eigenvalue weighted by Gasteiger charge is -2.30. The van der Waals surface area contributed by atoms with E-state index in [0.717, 1.165) is 0 Å². The molecule has 0 radical (unpaired) electrons. The van der Waals surface area contributed by atoms with Crippen molar-refractivity contribution in [1.29, 1.82) is 0 Å². The van der Waals surface area contributed by atoms with Gasteiger partial charge < -0.3 is 52.1 Å². The number of aliphatic hydroxyl groups excluding tert-OH is 2. The lowest BCUT2D eigenvalue weighted by atomic mass is 10.0. The van der Waals surface area contributed by atoms with E-state index in [4.69, 9.17) is 32.4 Å². The average molecular weight is 495 g/mol. The molecule has 0 saturated carbocycles. The highest BCUT2D eigenvalue weighted by molar-refractivity contribution is 5.81. The molecule has 198 valence electrons. The normalized spacial score (nSPS) is 16.5. The first-order valence-electron chi connectivity index (χ1n) is 10.8. The Labute approximate surface area is 198 Å². The molecule has 0 saturated heterocycles. The highest BCUT2D eigenvalue weighted by atomic mass is 16.6. The van der Waals surface area contributed by atoms with Gasteiger partial charge in [-0.2, -0.15) is 0 Å². The monoisotopic (exact) mass is 494 g/mol. The number of rotatable bonds is 19. The summed E-state index contributed by atoms with van der Waals surface area (Å²) in [6.07, 6.45) is -4.72. The summed E-state index contributed by atoms with van der Waals surface area (Å²) in [7, 11) is 2.45. The van der Waals surface area contributed by atoms with E-state index in [0.29, 0.717) is 38.5 Å². The third-order valence-electron chi connectivity index (χ3n) is 4.96. The van der Waals surface area contributed by atoms with Gasteiger partial charge >= 0.3 is 11.9 Å². The van der Waals surface area contributed by atoms with Gasteiger partial charge in [-0.05, 0) is 38.5 Å². The van der Waals surface area contributed by atoms with Crippen LogP contribution < -0.4 is 22.9 Å². The summed E-state index contributed by atoms with van der Waals surface area (Å²) in [5, 5.41) is 20.2. The Bertz CT molecular complexity index is 651. The molecule has 2 amide bonds. The van der Waals surface area contributed by atoms with Crippen molar-refractivity contribution in [3.05, 3.63) is 0 Å². The molecule has 0 unspecified atom stereocenters. The standard InChI is InChI=1S/C20H38N4O10/c1-31-19(29)11(21)7-3-5-9-33-15(13(25)14(26)17(23)27)16(18(24)28)34-10-6-4-8-12(22)20(30)32-2/h11-16,25-26H,3-10,21-22H2,1-2H3,(H2,23,27)(H2,24,28)/t11-,12-,13+,14-,15-,16+/m0/s1. The van der Waals surface area contributed by atoms with Crippen LogP contribution in [0, 0.1) is 0 Å². The lowest BCUT2D eigenvalue weighted by molar-refractivity contribution is -0.169. The van der Waals surface area contributed by atoms with Crippen molar-refractivity contribution >= 4 is 23.8 Å². The van der Waals surface area contributed by atoms with Crippen LogP contribution in [0.2, 0.25) is 0 Å². The summed E-state index contributed by atoms with van der Waals surface area (Å²) in [6.45, 7) is -0.0586. The molecule has 0 heterocycles. The number of ether oxygens (including phenoxy) is 4. The first kappa shape index (κ1) is 31.6. The van der Waals surface area contributed by atoms with Crippen LogP contribution in [0.15, 0.2) is 0 Å². The molecule has 0 spiro atoms. The van der Waals surface area contributed by atoms with Crippen molar-refractivity contribution in [3.63, 3.8) is 0 Å². The van der Waals surface area contributed by atoms with Gasteiger partial charge in [0.15, 0.2) is 12.2 Å². The van der Waals surface area contributed by atoms with Crippen molar-refractivity contribution < 1.29 is 48.3 Å². The number of unbranched alkanes of at least 4 members (excludes halogenated alkanes) is 2. The number of hydrogen-bond donors (Lipinski definition) is 6. The maximum absolute atomic E-state index is 12.0. The van der Waals surface area contributed by atoms with Gasteiger partial charge in [0.05, 0.1) is 14.2 Å². The number of aliphatic hydroxyl groups is 2. The third-order valence-corrected chi connectivity index (χ3v) is 4.96. The van der Waals surface area contributed by atoms with Crippen LogP contribution in [0.3, 0.4) is 0 Å². The molecule has 34 heavy (non-hydrogen) atoms. The summed E-state index contributed by atoms with van der Waals surface area (Å²) in [5.74, 6) is -3.35. The molecular weight excluding hydrogens is 456 g/mol. The molecule has 0 aliphatic rings. The Hall–Kier alpha value is -2.36. The molecule has 0 aromatic rings. The van der Waals surface area contributed by atoms with Gasteiger partial charge in [0.1, 0.15) is 24.3 Å². The van der Waals surface area contributed by atoms with Gasteiger partial charge in [-0.15, -0.1) is 0 Å². The largest absolute Gasteiger partial charge is 0.468 e. The summed E-state index contributed by atoms with van der Waals surface area (Å²) < 4.78 is 20.1. The number of amides is 2. The molecule has 14 heteroatoms. The number of nitrogens with two attached hydrogens (primary N) is 4. The summed E-state index contributed by atoms with van der Waals surface area (Å²) in [6, 6.07) is -1.61. The fourth-order valence-corrected chi connectivity index (χ4v) is 2.95. The van der Waals surface area contributed by atoms with Crippen LogP contribution in [-0.4, -0.2) is 97.9 Å². The van der Waals surface area contributed by atoms with Gasteiger partial charge in [0, 0.05) is 13.2 Å². The number of carbonyl (C=O) groups excluding carboxylic acids is 4. The molecule has 14 nitrogen and oxygen atoms in total. The third kappa shape index (κ3) is 11.7. The van der Waals surface area contributed by atoms with Gasteiger partial charge in [-0.3, -0.25) is 19.2 Å². The molecule has 0 fully saturated rings. The Morgan fingerprint density at radius 2 is 1.18 bits per heavy atom. The second-order valence-electron chi connectivity index (χ2n) is 7.62. The average Bonchev–Trinajstić information content (AvgIpc) is 2.81. The first-order chi connectivity index (χ1) is 16.0. The second kappa shape index (κ2) is 17.1. The van der Waals surface area contributed by atoms with Crippen molar-refractivity contribution in [1.82, 2.24) is 0 Å². The van der Waals surface area contributed by atoms with E-state index in [1.165, 1.54) is 14.2 Å². The number of esters is 2. The molecule has 0 aromatic carbocycles. The van der Waals surface area contributed by atoms with Crippen LogP contribution in [0.4, 0.5) is 0 Å². The van der Waals surface area contributed by atoms with Gasteiger partial charge in [-0.1, -0.05) is 0 Å². The molecule has 0 aliphatic heterocycles. The van der Waals surface area contributed by atoms with Crippen molar-refractivity contribution in [2.45, 2.75) is 75.0 Å². The van der Waals surface area contributed by atoms with E-state index in [1.54, 1.807) is 0 Å². The Kier molecular flexibility index (Phi) is 15.9. The minimum absolute atomic E-state index is 0.0191. The molecule has 0 aromatic heterocycles. The van der Waals surface area contributed by atoms with E-state index in [1.807, 2.05) is 0 Å². The summed E-state index contributed by atoms with van der Waals surface area (Å²) in [5.41, 5.74) is 21.7. The van der Waals surface area contributed by atoms with E-state index in [2.05, 4.69) is 9.47 Å². The summed E-state index contributed by atoms with van der Waals surface area (Å²) in [4.78, 5) is 45.9. The number of primary amides is 2. The first-order valence-corrected chi connectivity index (χ1v) is 10.8. The summed E-state index contributed by atoms with van der Waals surface area (Å²) >= 11 is 0. The maximum Gasteiger partial charge on any atom is 0.322 e. The predicted octanol–water partition coefficient (Wildman–Crippen LogP) is -3.21. The molecule has 0 aliphatic carbocycles. The van der Waals surface area contributed by atoms with Crippen molar-refractivity contribution in [3.8, 4) is 0 Å². The topological polar surface area (TPSA) is 250 Å². The zero-order valence-corrected chi connectivity index (χ0v) is 19.6. The second-order valence-corrected chi connectivity index (χ2v) is 7.62.